The molecule has 20 heavy (non-hydrogen) atoms. The molecule has 3 nitrogen and oxygen atoms in total. The number of para-hydroxylation sites is 1. The van der Waals surface area contributed by atoms with Crippen molar-refractivity contribution in [2.45, 2.75) is 25.6 Å². The van der Waals surface area contributed by atoms with Crippen molar-refractivity contribution in [3.05, 3.63) is 29.8 Å². The fraction of sp³-hybridized carbons (Fsp3) is 0.571. The van der Waals surface area contributed by atoms with Crippen LogP contribution in [0.3, 0.4) is 0 Å². The molecular weight excluding hydrogens is 271 g/mol. The Balaban J connectivity index is 2.68. The molecule has 0 aliphatic carbocycles. The number of likely N-dealkylation sites (N-methyl/N-ethyl adjacent to an activating group) is 1. The van der Waals surface area contributed by atoms with Crippen LogP contribution < -0.4 is 10.1 Å². The van der Waals surface area contributed by atoms with Crippen molar-refractivity contribution in [1.82, 2.24) is 5.32 Å². The largest absolute Gasteiger partial charge is 0.493 e. The fourth-order valence-corrected chi connectivity index (χ4v) is 1.73. The molecule has 1 aromatic rings. The number of hydrogen-bond acceptors (Lipinski definition) is 3. The molecule has 0 saturated heterocycles. The van der Waals surface area contributed by atoms with Crippen LogP contribution >= 0.6 is 0 Å². The Morgan fingerprint density at radius 2 is 1.95 bits per heavy atom. The summed E-state index contributed by atoms with van der Waals surface area (Å²) in [4.78, 5) is 0. The fourth-order valence-electron chi connectivity index (χ4n) is 1.73. The molecule has 114 valence electrons. The Bertz CT molecular complexity index is 396. The summed E-state index contributed by atoms with van der Waals surface area (Å²) >= 11 is 0. The third-order valence-electron chi connectivity index (χ3n) is 2.65. The molecule has 0 heterocycles. The van der Waals surface area contributed by atoms with Gasteiger partial charge in [-0.15, -0.1) is 0 Å². The van der Waals surface area contributed by atoms with E-state index in [1.165, 1.54) is 0 Å². The lowest BCUT2D eigenvalue weighted by Gasteiger charge is -2.20. The molecule has 1 rings (SSSR count). The molecule has 1 aromatic carbocycles. The molecule has 0 saturated carbocycles. The van der Waals surface area contributed by atoms with Crippen LogP contribution in [0.1, 0.15) is 24.9 Å². The van der Waals surface area contributed by atoms with Gasteiger partial charge < -0.3 is 14.8 Å². The molecule has 0 aromatic heterocycles. The maximum Gasteiger partial charge on any atom is 0.411 e. The van der Waals surface area contributed by atoms with Gasteiger partial charge in [-0.25, -0.2) is 0 Å². The molecule has 1 atom stereocenters. The summed E-state index contributed by atoms with van der Waals surface area (Å²) in [7, 11) is 1.68. The first-order valence-electron chi connectivity index (χ1n) is 6.51. The maximum atomic E-state index is 12.1. The minimum atomic E-state index is -4.31. The van der Waals surface area contributed by atoms with Crippen LogP contribution in [0.15, 0.2) is 24.3 Å². The second-order valence-corrected chi connectivity index (χ2v) is 4.36. The lowest BCUT2D eigenvalue weighted by atomic mass is 10.1. The molecule has 0 spiro atoms. The van der Waals surface area contributed by atoms with Crippen molar-refractivity contribution >= 4 is 0 Å². The molecule has 1 unspecified atom stereocenters. The summed E-state index contributed by atoms with van der Waals surface area (Å²) in [5, 5.41) is 2.95. The summed E-state index contributed by atoms with van der Waals surface area (Å²) in [6.07, 6.45) is -3.44. The van der Waals surface area contributed by atoms with E-state index >= 15 is 0 Å². The van der Waals surface area contributed by atoms with Gasteiger partial charge in [0.05, 0.1) is 19.3 Å². The summed E-state index contributed by atoms with van der Waals surface area (Å²) < 4.78 is 46.6. The highest BCUT2D eigenvalue weighted by molar-refractivity contribution is 5.36. The minimum Gasteiger partial charge on any atom is -0.493 e. The van der Waals surface area contributed by atoms with E-state index < -0.39 is 12.8 Å². The summed E-state index contributed by atoms with van der Waals surface area (Å²) in [6.45, 7) is 1.24. The lowest BCUT2D eigenvalue weighted by Crippen LogP contribution is -2.26. The quantitative estimate of drug-likeness (QED) is 0.797. The van der Waals surface area contributed by atoms with Crippen molar-refractivity contribution in [1.29, 1.82) is 0 Å². The number of benzene rings is 1. The first kappa shape index (κ1) is 16.8. The summed E-state index contributed by atoms with van der Waals surface area (Å²) in [5.74, 6) is 0.671. The van der Waals surface area contributed by atoms with Gasteiger partial charge in [0, 0.05) is 5.56 Å². The van der Waals surface area contributed by atoms with E-state index in [1.807, 2.05) is 25.1 Å². The van der Waals surface area contributed by atoms with Crippen LogP contribution in [0, 0.1) is 0 Å². The summed E-state index contributed by atoms with van der Waals surface area (Å²) in [5.41, 5.74) is 0.797. The number of halogens is 3. The average molecular weight is 291 g/mol. The number of hydrogen-bond donors (Lipinski definition) is 1. The van der Waals surface area contributed by atoms with Crippen LogP contribution in [-0.4, -0.2) is 33.0 Å². The van der Waals surface area contributed by atoms with E-state index in [-0.39, 0.29) is 12.6 Å². The van der Waals surface area contributed by atoms with E-state index in [0.717, 1.165) is 12.0 Å². The van der Waals surface area contributed by atoms with Crippen LogP contribution in [0.4, 0.5) is 13.2 Å². The highest BCUT2D eigenvalue weighted by Gasteiger charge is 2.28. The average Bonchev–Trinajstić information content (AvgIpc) is 2.41. The van der Waals surface area contributed by atoms with Gasteiger partial charge in [-0.3, -0.25) is 0 Å². The van der Waals surface area contributed by atoms with Crippen molar-refractivity contribution in [3.63, 3.8) is 0 Å². The van der Waals surface area contributed by atoms with Gasteiger partial charge in [0.15, 0.2) is 0 Å². The Kier molecular flexibility index (Phi) is 6.81. The summed E-state index contributed by atoms with van der Waals surface area (Å²) in [6, 6.07) is 6.94. The van der Waals surface area contributed by atoms with Crippen LogP contribution in [-0.2, 0) is 4.74 Å². The van der Waals surface area contributed by atoms with E-state index in [9.17, 15) is 13.2 Å². The number of nitrogens with one attached hydrogen (secondary N) is 1. The smallest absolute Gasteiger partial charge is 0.411 e. The maximum absolute atomic E-state index is 12.1. The standard InChI is InChI=1S/C14H20F3NO2/c1-3-8-20-13-7-5-4-6-11(13)12(18-2)9-19-10-14(15,16)17/h4-7,12,18H,3,8-10H2,1-2H3. The Labute approximate surface area is 117 Å². The molecule has 0 fully saturated rings. The predicted molar refractivity (Wildman–Crippen MR) is 70.9 cm³/mol. The molecule has 1 N–H and O–H groups in total. The third kappa shape index (κ3) is 5.79. The Morgan fingerprint density at radius 3 is 2.55 bits per heavy atom. The van der Waals surface area contributed by atoms with Gasteiger partial charge in [0.2, 0.25) is 0 Å². The second kappa shape index (κ2) is 8.11. The van der Waals surface area contributed by atoms with Crippen molar-refractivity contribution in [2.24, 2.45) is 0 Å². The van der Waals surface area contributed by atoms with Gasteiger partial charge in [-0.05, 0) is 19.5 Å². The van der Waals surface area contributed by atoms with Crippen LogP contribution in [0.2, 0.25) is 0 Å². The number of rotatable bonds is 8. The molecule has 0 aliphatic heterocycles. The first-order chi connectivity index (χ1) is 9.48. The molecular formula is C14H20F3NO2. The van der Waals surface area contributed by atoms with Gasteiger partial charge in [-0.2, -0.15) is 13.2 Å². The molecule has 0 bridgehead atoms. The zero-order chi connectivity index (χ0) is 15.0. The van der Waals surface area contributed by atoms with Gasteiger partial charge in [0.1, 0.15) is 12.4 Å². The van der Waals surface area contributed by atoms with E-state index in [0.29, 0.717) is 12.4 Å². The molecule has 0 amide bonds. The van der Waals surface area contributed by atoms with E-state index in [4.69, 9.17) is 9.47 Å². The number of alkyl halides is 3. The van der Waals surface area contributed by atoms with Crippen molar-refractivity contribution < 1.29 is 22.6 Å². The van der Waals surface area contributed by atoms with Gasteiger partial charge in [-0.1, -0.05) is 25.1 Å². The third-order valence-corrected chi connectivity index (χ3v) is 2.65. The first-order valence-corrected chi connectivity index (χ1v) is 6.51. The van der Waals surface area contributed by atoms with Crippen LogP contribution in [0.25, 0.3) is 0 Å². The Hall–Kier alpha value is -1.27. The predicted octanol–water partition coefficient (Wildman–Crippen LogP) is 3.31. The second-order valence-electron chi connectivity index (χ2n) is 4.36. The molecule has 6 heteroatoms. The monoisotopic (exact) mass is 291 g/mol. The van der Waals surface area contributed by atoms with Crippen LogP contribution in [0.5, 0.6) is 5.75 Å². The van der Waals surface area contributed by atoms with Crippen molar-refractivity contribution in [3.8, 4) is 5.75 Å². The zero-order valence-corrected chi connectivity index (χ0v) is 11.7. The zero-order valence-electron chi connectivity index (χ0n) is 11.7. The number of ether oxygens (including phenoxy) is 2. The van der Waals surface area contributed by atoms with Crippen molar-refractivity contribution in [2.75, 3.05) is 26.9 Å². The van der Waals surface area contributed by atoms with Gasteiger partial charge >= 0.3 is 6.18 Å². The SMILES string of the molecule is CCCOc1ccccc1C(COCC(F)(F)F)NC. The minimum absolute atomic E-state index is 0.0670. The van der Waals surface area contributed by atoms with E-state index in [1.54, 1.807) is 13.1 Å². The van der Waals surface area contributed by atoms with Gasteiger partial charge in [0.25, 0.3) is 0 Å². The Morgan fingerprint density at radius 1 is 1.25 bits per heavy atom. The van der Waals surface area contributed by atoms with E-state index in [2.05, 4.69) is 5.32 Å². The topological polar surface area (TPSA) is 30.5 Å². The lowest BCUT2D eigenvalue weighted by molar-refractivity contribution is -0.175. The normalized spacial score (nSPS) is 13.2. The highest BCUT2D eigenvalue weighted by Crippen LogP contribution is 2.26. The highest BCUT2D eigenvalue weighted by atomic mass is 19.4. The molecule has 0 radical (unpaired) electrons. The molecule has 0 aliphatic rings.